The van der Waals surface area contributed by atoms with Crippen LogP contribution < -0.4 is 5.56 Å². The first-order chi connectivity index (χ1) is 12.8. The monoisotopic (exact) mass is 348 g/mol. The van der Waals surface area contributed by atoms with Gasteiger partial charge >= 0.3 is 0 Å². The number of benzene rings is 1. The summed E-state index contributed by atoms with van der Waals surface area (Å²) in [4.78, 5) is 17.2. The van der Waals surface area contributed by atoms with Gasteiger partial charge in [0.2, 0.25) is 0 Å². The Morgan fingerprint density at radius 1 is 1.15 bits per heavy atom. The Kier molecular flexibility index (Phi) is 3.49. The first kappa shape index (κ1) is 15.2. The molecule has 0 amide bonds. The summed E-state index contributed by atoms with van der Waals surface area (Å²) in [5, 5.41) is 12.8. The van der Waals surface area contributed by atoms with Crippen molar-refractivity contribution in [3.05, 3.63) is 53.2 Å². The van der Waals surface area contributed by atoms with Crippen molar-refractivity contribution in [1.82, 2.24) is 29.4 Å². The predicted octanol–water partition coefficient (Wildman–Crippen LogP) is 1.68. The summed E-state index contributed by atoms with van der Waals surface area (Å²) in [6.07, 6.45) is 5.29. The third-order valence-corrected chi connectivity index (χ3v) is 4.69. The molecule has 8 nitrogen and oxygen atoms in total. The Morgan fingerprint density at radius 3 is 2.85 bits per heavy atom. The van der Waals surface area contributed by atoms with Crippen LogP contribution in [0.15, 0.2) is 47.7 Å². The molecule has 1 fully saturated rings. The highest BCUT2D eigenvalue weighted by molar-refractivity contribution is 5.80. The van der Waals surface area contributed by atoms with E-state index in [1.54, 1.807) is 15.3 Å². The van der Waals surface area contributed by atoms with Gasteiger partial charge in [-0.25, -0.2) is 4.98 Å². The average Bonchev–Trinajstić information content (AvgIpc) is 3.34. The maximum Gasteiger partial charge on any atom is 0.283 e. The molecule has 26 heavy (non-hydrogen) atoms. The standard InChI is InChI=1S/C18H16N6O2/c25-18-15-17(19-11-23(18)10-13-7-4-8-26-13)24-16(22-21-15)14(9-20-24)12-5-2-1-3-6-12/h1-3,5-6,9,11,13H,4,7-8,10H2. The largest absolute Gasteiger partial charge is 0.376 e. The van der Waals surface area contributed by atoms with Gasteiger partial charge in [-0.15, -0.1) is 10.2 Å². The van der Waals surface area contributed by atoms with Gasteiger partial charge in [0.15, 0.2) is 16.8 Å². The van der Waals surface area contributed by atoms with E-state index >= 15 is 0 Å². The molecule has 4 aromatic rings. The molecule has 0 N–H and O–H groups in total. The van der Waals surface area contributed by atoms with Gasteiger partial charge in [0.1, 0.15) is 6.33 Å². The molecule has 0 radical (unpaired) electrons. The van der Waals surface area contributed by atoms with E-state index in [4.69, 9.17) is 4.74 Å². The van der Waals surface area contributed by atoms with Crippen LogP contribution in [0.25, 0.3) is 27.9 Å². The molecule has 1 saturated heterocycles. The van der Waals surface area contributed by atoms with E-state index in [2.05, 4.69) is 20.3 Å². The zero-order valence-corrected chi connectivity index (χ0v) is 13.9. The lowest BCUT2D eigenvalue weighted by Gasteiger charge is -2.11. The van der Waals surface area contributed by atoms with Crippen molar-refractivity contribution < 1.29 is 4.74 Å². The highest BCUT2D eigenvalue weighted by atomic mass is 16.5. The van der Waals surface area contributed by atoms with Gasteiger partial charge in [-0.2, -0.15) is 9.61 Å². The Bertz CT molecular complexity index is 1140. The van der Waals surface area contributed by atoms with Crippen LogP contribution in [0.4, 0.5) is 0 Å². The van der Waals surface area contributed by atoms with Crippen LogP contribution in [0.5, 0.6) is 0 Å². The molecule has 1 aliphatic rings. The summed E-state index contributed by atoms with van der Waals surface area (Å²) in [5.41, 5.74) is 2.81. The third kappa shape index (κ3) is 2.38. The second-order valence-corrected chi connectivity index (χ2v) is 6.37. The molecule has 4 heterocycles. The van der Waals surface area contributed by atoms with Crippen molar-refractivity contribution in [1.29, 1.82) is 0 Å². The van der Waals surface area contributed by atoms with Crippen molar-refractivity contribution in [3.8, 4) is 11.1 Å². The van der Waals surface area contributed by atoms with E-state index in [-0.39, 0.29) is 17.2 Å². The number of ether oxygens (including phenoxy) is 1. The number of hydrogen-bond donors (Lipinski definition) is 0. The first-order valence-electron chi connectivity index (χ1n) is 8.58. The minimum absolute atomic E-state index is 0.0537. The zero-order valence-electron chi connectivity index (χ0n) is 13.9. The lowest BCUT2D eigenvalue weighted by molar-refractivity contribution is 0.0960. The molecule has 0 bridgehead atoms. The molecule has 0 saturated carbocycles. The number of nitrogens with zero attached hydrogens (tertiary/aromatic N) is 6. The van der Waals surface area contributed by atoms with Crippen LogP contribution in [-0.2, 0) is 11.3 Å². The number of rotatable bonds is 3. The Balaban J connectivity index is 1.64. The molecular formula is C18H16N6O2. The molecule has 1 unspecified atom stereocenters. The molecule has 3 aromatic heterocycles. The molecule has 1 aliphatic heterocycles. The molecule has 1 aromatic carbocycles. The van der Waals surface area contributed by atoms with Gasteiger partial charge < -0.3 is 4.74 Å². The van der Waals surface area contributed by atoms with Crippen LogP contribution in [0.3, 0.4) is 0 Å². The van der Waals surface area contributed by atoms with Gasteiger partial charge in [-0.05, 0) is 18.4 Å². The smallest absolute Gasteiger partial charge is 0.283 e. The number of fused-ring (bicyclic) bond motifs is 3. The molecule has 0 aliphatic carbocycles. The van der Waals surface area contributed by atoms with Crippen LogP contribution in [-0.4, -0.2) is 42.1 Å². The van der Waals surface area contributed by atoms with Crippen molar-refractivity contribution >= 4 is 16.8 Å². The first-order valence-corrected chi connectivity index (χ1v) is 8.58. The lowest BCUT2D eigenvalue weighted by Crippen LogP contribution is -2.28. The summed E-state index contributed by atoms with van der Waals surface area (Å²) < 4.78 is 8.72. The van der Waals surface area contributed by atoms with E-state index in [1.807, 2.05) is 30.3 Å². The van der Waals surface area contributed by atoms with Gasteiger partial charge in [-0.3, -0.25) is 9.36 Å². The van der Waals surface area contributed by atoms with E-state index < -0.39 is 0 Å². The maximum atomic E-state index is 12.8. The van der Waals surface area contributed by atoms with Crippen LogP contribution in [0.2, 0.25) is 0 Å². The fraction of sp³-hybridized carbons (Fsp3) is 0.278. The highest BCUT2D eigenvalue weighted by Gasteiger charge is 2.19. The minimum Gasteiger partial charge on any atom is -0.376 e. The average molecular weight is 348 g/mol. The molecule has 5 rings (SSSR count). The van der Waals surface area contributed by atoms with E-state index in [0.29, 0.717) is 17.8 Å². The Morgan fingerprint density at radius 2 is 2.04 bits per heavy atom. The van der Waals surface area contributed by atoms with Gasteiger partial charge in [0.25, 0.3) is 5.56 Å². The summed E-state index contributed by atoms with van der Waals surface area (Å²) in [7, 11) is 0. The molecule has 0 spiro atoms. The number of aromatic nitrogens is 6. The second kappa shape index (κ2) is 5.99. The fourth-order valence-electron chi connectivity index (χ4n) is 3.36. The topological polar surface area (TPSA) is 87.2 Å². The van der Waals surface area contributed by atoms with Crippen molar-refractivity contribution in [3.63, 3.8) is 0 Å². The molecule has 1 atom stereocenters. The Labute approximate surface area is 148 Å². The van der Waals surface area contributed by atoms with Crippen LogP contribution >= 0.6 is 0 Å². The maximum absolute atomic E-state index is 12.8. The van der Waals surface area contributed by atoms with Gasteiger partial charge in [0.05, 0.1) is 18.8 Å². The highest BCUT2D eigenvalue weighted by Crippen LogP contribution is 2.23. The fourth-order valence-corrected chi connectivity index (χ4v) is 3.36. The quantitative estimate of drug-likeness (QED) is 0.560. The van der Waals surface area contributed by atoms with Crippen LogP contribution in [0.1, 0.15) is 12.8 Å². The zero-order chi connectivity index (χ0) is 17.5. The summed E-state index contributed by atoms with van der Waals surface area (Å²) >= 11 is 0. The lowest BCUT2D eigenvalue weighted by atomic mass is 10.1. The van der Waals surface area contributed by atoms with Crippen molar-refractivity contribution in [2.45, 2.75) is 25.5 Å². The Hall–Kier alpha value is -3.13. The predicted molar refractivity (Wildman–Crippen MR) is 94.8 cm³/mol. The SMILES string of the molecule is O=c1c2nnc3c(-c4ccccc4)cnn3c2ncn1CC1CCCO1. The van der Waals surface area contributed by atoms with Crippen molar-refractivity contribution in [2.24, 2.45) is 0 Å². The summed E-state index contributed by atoms with van der Waals surface area (Å²) in [5.74, 6) is 0. The van der Waals surface area contributed by atoms with E-state index in [9.17, 15) is 4.79 Å². The summed E-state index contributed by atoms with van der Waals surface area (Å²) in [6.45, 7) is 1.23. The minimum atomic E-state index is -0.225. The second-order valence-electron chi connectivity index (χ2n) is 6.37. The van der Waals surface area contributed by atoms with Gasteiger partial charge in [0, 0.05) is 12.2 Å². The van der Waals surface area contributed by atoms with Gasteiger partial charge in [-0.1, -0.05) is 30.3 Å². The molecular weight excluding hydrogens is 332 g/mol. The van der Waals surface area contributed by atoms with Crippen molar-refractivity contribution in [2.75, 3.05) is 6.61 Å². The van der Waals surface area contributed by atoms with Crippen LogP contribution in [0, 0.1) is 0 Å². The molecule has 130 valence electrons. The van der Waals surface area contributed by atoms with E-state index in [1.165, 1.54) is 6.33 Å². The summed E-state index contributed by atoms with van der Waals surface area (Å²) in [6, 6.07) is 9.82. The normalized spacial score (nSPS) is 17.3. The van der Waals surface area contributed by atoms with E-state index in [0.717, 1.165) is 30.6 Å². The molecule has 8 heteroatoms. The number of hydrogen-bond acceptors (Lipinski definition) is 6. The third-order valence-electron chi connectivity index (χ3n) is 4.69.